The van der Waals surface area contributed by atoms with Gasteiger partial charge in [0.05, 0.1) is 15.8 Å². The number of H-pyrrole nitrogens is 1. The summed E-state index contributed by atoms with van der Waals surface area (Å²) in [6.45, 7) is 0. The maximum absolute atomic E-state index is 11.0. The lowest BCUT2D eigenvalue weighted by molar-refractivity contribution is -0.616. The molecule has 0 unspecified atom stereocenters. The van der Waals surface area contributed by atoms with Gasteiger partial charge in [-0.3, -0.25) is 10.1 Å². The number of nitro groups is 1. The van der Waals surface area contributed by atoms with Crippen molar-refractivity contribution in [2.45, 2.75) is 0 Å². The Hall–Kier alpha value is -2.66. The van der Waals surface area contributed by atoms with Gasteiger partial charge in [0, 0.05) is 23.6 Å². The van der Waals surface area contributed by atoms with E-state index in [9.17, 15) is 10.1 Å². The van der Waals surface area contributed by atoms with E-state index >= 15 is 0 Å². The highest BCUT2D eigenvalue weighted by molar-refractivity contribution is 6.06. The number of hydrogen-bond donors (Lipinski definition) is 1. The number of fused-ring (bicyclic) bond motifs is 4. The van der Waals surface area contributed by atoms with Crippen molar-refractivity contribution >= 4 is 38.5 Å². The van der Waals surface area contributed by atoms with Crippen molar-refractivity contribution in [2.75, 3.05) is 0 Å². The van der Waals surface area contributed by atoms with Crippen molar-refractivity contribution in [3.05, 3.63) is 58.6 Å². The number of nitro benzene ring substituents is 1. The van der Waals surface area contributed by atoms with Crippen molar-refractivity contribution < 1.29 is 21.9 Å². The second kappa shape index (κ2) is 4.96. The van der Waals surface area contributed by atoms with Crippen LogP contribution < -0.4 is 17.0 Å². The Labute approximate surface area is 131 Å². The predicted octanol–water partition coefficient (Wildman–Crippen LogP) is 0.211. The van der Waals surface area contributed by atoms with E-state index in [1.54, 1.807) is 12.1 Å². The molecule has 0 fully saturated rings. The van der Waals surface area contributed by atoms with E-state index in [-0.39, 0.29) is 23.0 Å². The lowest BCUT2D eigenvalue weighted by atomic mass is 10.1. The third kappa shape index (κ3) is 1.90. The van der Waals surface area contributed by atoms with Crippen molar-refractivity contribution in [1.82, 2.24) is 4.98 Å². The summed E-state index contributed by atoms with van der Waals surface area (Å²) in [6.07, 6.45) is 0. The van der Waals surface area contributed by atoms with Crippen LogP contribution in [0.4, 0.5) is 5.69 Å². The predicted molar refractivity (Wildman–Crippen MR) is 81.1 cm³/mol. The average Bonchev–Trinajstić information content (AvgIpc) is 2.84. The van der Waals surface area contributed by atoms with Crippen LogP contribution in [0.1, 0.15) is 0 Å². The molecule has 0 aliphatic carbocycles. The van der Waals surface area contributed by atoms with Gasteiger partial charge in [-0.1, -0.05) is 12.1 Å². The molecule has 0 radical (unpaired) electrons. The fourth-order valence-electron chi connectivity index (χ4n) is 2.96. The second-order valence-electron chi connectivity index (χ2n) is 5.14. The van der Waals surface area contributed by atoms with Crippen molar-refractivity contribution in [2.24, 2.45) is 7.05 Å². The highest BCUT2D eigenvalue weighted by Crippen LogP contribution is 2.28. The summed E-state index contributed by atoms with van der Waals surface area (Å²) in [6, 6.07) is 15.1. The summed E-state index contributed by atoms with van der Waals surface area (Å²) < 4.78 is 2.08. The molecule has 4 rings (SSSR count). The lowest BCUT2D eigenvalue weighted by Crippen LogP contribution is -3.00. The monoisotopic (exact) mass is 313 g/mol. The summed E-state index contributed by atoms with van der Waals surface area (Å²) in [5.74, 6) is 0. The van der Waals surface area contributed by atoms with E-state index < -0.39 is 0 Å². The molecule has 0 aliphatic heterocycles. The molecule has 22 heavy (non-hydrogen) atoms. The number of para-hydroxylation sites is 1. The fraction of sp³-hybridized carbons (Fsp3) is 0.0625. The van der Waals surface area contributed by atoms with Gasteiger partial charge in [0.25, 0.3) is 5.69 Å². The minimum Gasteiger partial charge on any atom is -1.00 e. The highest BCUT2D eigenvalue weighted by Gasteiger charge is 2.19. The molecule has 0 aliphatic rings. The number of aromatic nitrogens is 2. The molecule has 6 heteroatoms. The van der Waals surface area contributed by atoms with Crippen LogP contribution >= 0.6 is 0 Å². The summed E-state index contributed by atoms with van der Waals surface area (Å²) >= 11 is 0. The van der Waals surface area contributed by atoms with E-state index in [1.165, 1.54) is 6.07 Å². The molecule has 0 saturated heterocycles. The number of aryl methyl sites for hydroxylation is 1. The van der Waals surface area contributed by atoms with Crippen molar-refractivity contribution in [3.63, 3.8) is 0 Å². The van der Waals surface area contributed by atoms with E-state index in [0.717, 1.165) is 32.8 Å². The molecular formula is C16H12ClN3O2. The Morgan fingerprint density at radius 3 is 2.64 bits per heavy atom. The molecule has 2 aromatic heterocycles. The van der Waals surface area contributed by atoms with E-state index in [4.69, 9.17) is 0 Å². The van der Waals surface area contributed by atoms with Gasteiger partial charge in [-0.15, -0.1) is 0 Å². The molecule has 0 atom stereocenters. The highest BCUT2D eigenvalue weighted by atomic mass is 35.5. The first-order chi connectivity index (χ1) is 10.1. The first-order valence-electron chi connectivity index (χ1n) is 6.63. The van der Waals surface area contributed by atoms with Crippen LogP contribution in [0.2, 0.25) is 0 Å². The summed E-state index contributed by atoms with van der Waals surface area (Å²) in [7, 11) is 1.98. The Balaban J connectivity index is 0.00000144. The van der Waals surface area contributed by atoms with Gasteiger partial charge in [0.15, 0.2) is 0 Å². The molecule has 4 aromatic rings. The van der Waals surface area contributed by atoms with Crippen LogP contribution in [-0.2, 0) is 7.05 Å². The molecular weight excluding hydrogens is 302 g/mol. The van der Waals surface area contributed by atoms with E-state index in [1.807, 2.05) is 25.2 Å². The SMILES string of the molecule is C[n+]1c2ccccc2cc2[nH]c3ccc([N+](=O)[O-])cc3c21.[Cl-]. The number of nitrogens with one attached hydrogen (secondary N) is 1. The van der Waals surface area contributed by atoms with E-state index in [2.05, 4.69) is 21.7 Å². The summed E-state index contributed by atoms with van der Waals surface area (Å²) in [5, 5.41) is 13.0. The van der Waals surface area contributed by atoms with Gasteiger partial charge in [0.2, 0.25) is 11.0 Å². The Bertz CT molecular complexity index is 1040. The zero-order valence-corrected chi connectivity index (χ0v) is 12.5. The number of non-ortho nitro benzene ring substituents is 1. The molecule has 0 spiro atoms. The molecule has 0 amide bonds. The largest absolute Gasteiger partial charge is 1.00 e. The third-order valence-electron chi connectivity index (χ3n) is 3.93. The normalized spacial score (nSPS) is 11.0. The number of rotatable bonds is 1. The molecule has 1 N–H and O–H groups in total. The van der Waals surface area contributed by atoms with Gasteiger partial charge < -0.3 is 17.4 Å². The zero-order chi connectivity index (χ0) is 14.6. The summed E-state index contributed by atoms with van der Waals surface area (Å²) in [4.78, 5) is 14.0. The van der Waals surface area contributed by atoms with Gasteiger partial charge in [-0.25, -0.2) is 0 Å². The minimum absolute atomic E-state index is 0. The van der Waals surface area contributed by atoms with Crippen LogP contribution in [-0.4, -0.2) is 9.91 Å². The summed E-state index contributed by atoms with van der Waals surface area (Å²) in [5.41, 5.74) is 4.06. The Kier molecular flexibility index (Phi) is 3.22. The molecule has 110 valence electrons. The smallest absolute Gasteiger partial charge is 0.270 e. The van der Waals surface area contributed by atoms with Crippen LogP contribution in [0.3, 0.4) is 0 Å². The van der Waals surface area contributed by atoms with E-state index in [0.29, 0.717) is 0 Å². The molecule has 5 nitrogen and oxygen atoms in total. The standard InChI is InChI=1S/C16H11N3O2.ClH/c1-18-15-5-3-2-4-10(15)8-14-16(18)12-9-11(19(20)21)6-7-13(12)17-14;/h2-9H,1H3;1H. The van der Waals surface area contributed by atoms with Crippen molar-refractivity contribution in [3.8, 4) is 0 Å². The van der Waals surface area contributed by atoms with Crippen LogP contribution in [0, 0.1) is 10.1 Å². The van der Waals surface area contributed by atoms with Crippen LogP contribution in [0.5, 0.6) is 0 Å². The number of nitrogens with zero attached hydrogens (tertiary/aromatic N) is 2. The number of pyridine rings is 1. The number of hydrogen-bond acceptors (Lipinski definition) is 2. The van der Waals surface area contributed by atoms with Gasteiger partial charge in [-0.05, 0) is 18.2 Å². The van der Waals surface area contributed by atoms with Crippen LogP contribution in [0.25, 0.3) is 32.8 Å². The topological polar surface area (TPSA) is 62.8 Å². The number of aromatic amines is 1. The zero-order valence-electron chi connectivity index (χ0n) is 11.7. The van der Waals surface area contributed by atoms with Crippen LogP contribution in [0.15, 0.2) is 48.5 Å². The Morgan fingerprint density at radius 1 is 1.09 bits per heavy atom. The molecule has 2 heterocycles. The first-order valence-corrected chi connectivity index (χ1v) is 6.63. The maximum atomic E-state index is 11.0. The van der Waals surface area contributed by atoms with Gasteiger partial charge in [-0.2, -0.15) is 4.57 Å². The van der Waals surface area contributed by atoms with Crippen molar-refractivity contribution in [1.29, 1.82) is 0 Å². The molecule has 2 aromatic carbocycles. The lowest BCUT2D eigenvalue weighted by Gasteiger charge is -1.98. The first kappa shape index (κ1) is 14.3. The second-order valence-corrected chi connectivity index (χ2v) is 5.14. The average molecular weight is 314 g/mol. The minimum atomic E-state index is -0.362. The fourth-order valence-corrected chi connectivity index (χ4v) is 2.96. The number of benzene rings is 2. The van der Waals surface area contributed by atoms with Gasteiger partial charge in [0.1, 0.15) is 12.6 Å². The quantitative estimate of drug-likeness (QED) is 0.310. The maximum Gasteiger partial charge on any atom is 0.270 e. The molecule has 0 bridgehead atoms. The Morgan fingerprint density at radius 2 is 1.86 bits per heavy atom. The van der Waals surface area contributed by atoms with Gasteiger partial charge >= 0.3 is 0 Å². The molecule has 0 saturated carbocycles. The number of halogens is 1. The third-order valence-corrected chi connectivity index (χ3v) is 3.93.